The van der Waals surface area contributed by atoms with Gasteiger partial charge in [-0.05, 0) is 61.2 Å². The molecule has 0 fully saturated rings. The van der Waals surface area contributed by atoms with Crippen LogP contribution in [0.4, 0.5) is 0 Å². The van der Waals surface area contributed by atoms with Crippen LogP contribution in [-0.4, -0.2) is 0 Å². The van der Waals surface area contributed by atoms with Crippen molar-refractivity contribution in [3.05, 3.63) is 88.7 Å². The van der Waals surface area contributed by atoms with Crippen LogP contribution in [0, 0.1) is 13.8 Å². The van der Waals surface area contributed by atoms with Crippen molar-refractivity contribution in [2.24, 2.45) is 0 Å². The first-order valence-corrected chi connectivity index (χ1v) is 10.2. The summed E-state index contributed by atoms with van der Waals surface area (Å²) in [4.78, 5) is 0. The molecule has 0 spiro atoms. The van der Waals surface area contributed by atoms with Gasteiger partial charge in [0.05, 0.1) is 0 Å². The molecule has 5 aromatic rings. The average Bonchev–Trinajstić information content (AvgIpc) is 3.27. The Morgan fingerprint density at radius 1 is 0.793 bits per heavy atom. The molecule has 2 atom stereocenters. The molecule has 142 valence electrons. The molecule has 2 unspecified atom stereocenters. The molecule has 0 saturated carbocycles. The number of allylic oxidation sites excluding steroid dienone is 1. The molecule has 0 radical (unpaired) electrons. The van der Waals surface area contributed by atoms with Gasteiger partial charge in [0.1, 0.15) is 22.5 Å². The molecule has 29 heavy (non-hydrogen) atoms. The van der Waals surface area contributed by atoms with Gasteiger partial charge in [-0.2, -0.15) is 0 Å². The van der Waals surface area contributed by atoms with Gasteiger partial charge in [-0.15, -0.1) is 0 Å². The Hall–Kier alpha value is -3.26. The van der Waals surface area contributed by atoms with Crippen LogP contribution in [0.2, 0.25) is 0 Å². The molecule has 1 aliphatic rings. The summed E-state index contributed by atoms with van der Waals surface area (Å²) in [5, 5.41) is 3.63. The molecule has 1 aliphatic carbocycles. The number of furan rings is 2. The van der Waals surface area contributed by atoms with Gasteiger partial charge in [0.25, 0.3) is 0 Å². The first kappa shape index (κ1) is 16.7. The fraction of sp³-hybridized carbons (Fsp3) is 0.185. The van der Waals surface area contributed by atoms with E-state index in [-0.39, 0.29) is 0 Å². The van der Waals surface area contributed by atoms with Crippen molar-refractivity contribution in [3.8, 4) is 0 Å². The minimum Gasteiger partial charge on any atom is -0.456 e. The molecule has 0 aliphatic heterocycles. The van der Waals surface area contributed by atoms with Crippen LogP contribution in [0.3, 0.4) is 0 Å². The van der Waals surface area contributed by atoms with Crippen molar-refractivity contribution in [1.29, 1.82) is 0 Å². The Morgan fingerprint density at radius 2 is 1.59 bits per heavy atom. The molecule has 2 heterocycles. The van der Waals surface area contributed by atoms with Crippen molar-refractivity contribution >= 4 is 39.0 Å². The van der Waals surface area contributed by atoms with Gasteiger partial charge in [-0.1, -0.05) is 48.9 Å². The summed E-state index contributed by atoms with van der Waals surface area (Å²) >= 11 is 0. The second-order valence-electron chi connectivity index (χ2n) is 8.36. The Morgan fingerprint density at radius 3 is 2.45 bits per heavy atom. The molecule has 0 saturated heterocycles. The molecule has 0 N–H and O–H groups in total. The van der Waals surface area contributed by atoms with Crippen molar-refractivity contribution in [1.82, 2.24) is 0 Å². The maximum atomic E-state index is 6.20. The summed E-state index contributed by atoms with van der Waals surface area (Å²) in [6, 6.07) is 19.5. The number of para-hydroxylation sites is 1. The SMILES string of the molecule is Cc1ccc2oc3ccc(C4C=Cc5oc6c(C)cccc6c5C4C)cc3c2c1. The highest BCUT2D eigenvalue weighted by Crippen LogP contribution is 2.46. The first-order valence-electron chi connectivity index (χ1n) is 10.2. The zero-order valence-corrected chi connectivity index (χ0v) is 16.8. The summed E-state index contributed by atoms with van der Waals surface area (Å²) in [6.07, 6.45) is 4.45. The van der Waals surface area contributed by atoms with Gasteiger partial charge in [0, 0.05) is 27.6 Å². The van der Waals surface area contributed by atoms with E-state index in [0.29, 0.717) is 11.8 Å². The molecule has 3 aromatic carbocycles. The van der Waals surface area contributed by atoms with E-state index in [9.17, 15) is 0 Å². The van der Waals surface area contributed by atoms with E-state index in [1.807, 2.05) is 0 Å². The van der Waals surface area contributed by atoms with Gasteiger partial charge < -0.3 is 8.83 Å². The quantitative estimate of drug-likeness (QED) is 0.297. The molecule has 2 heteroatoms. The summed E-state index contributed by atoms with van der Waals surface area (Å²) in [7, 11) is 0. The van der Waals surface area contributed by atoms with E-state index in [1.54, 1.807) is 0 Å². The molecule has 0 bridgehead atoms. The van der Waals surface area contributed by atoms with Crippen LogP contribution in [0.5, 0.6) is 0 Å². The second kappa shape index (κ2) is 5.87. The lowest BCUT2D eigenvalue weighted by atomic mass is 9.78. The Bertz CT molecular complexity index is 1440. The number of hydrogen-bond donors (Lipinski definition) is 0. The van der Waals surface area contributed by atoms with Crippen LogP contribution in [0.1, 0.15) is 46.8 Å². The van der Waals surface area contributed by atoms with Gasteiger partial charge in [0.2, 0.25) is 0 Å². The van der Waals surface area contributed by atoms with Gasteiger partial charge in [-0.3, -0.25) is 0 Å². The van der Waals surface area contributed by atoms with E-state index >= 15 is 0 Å². The predicted molar refractivity (Wildman–Crippen MR) is 120 cm³/mol. The van der Waals surface area contributed by atoms with E-state index in [4.69, 9.17) is 8.83 Å². The van der Waals surface area contributed by atoms with Crippen LogP contribution in [0.15, 0.2) is 69.5 Å². The average molecular weight is 378 g/mol. The summed E-state index contributed by atoms with van der Waals surface area (Å²) in [5.74, 6) is 1.65. The lowest BCUT2D eigenvalue weighted by Gasteiger charge is -2.25. The van der Waals surface area contributed by atoms with E-state index < -0.39 is 0 Å². The van der Waals surface area contributed by atoms with Gasteiger partial charge in [-0.25, -0.2) is 0 Å². The maximum absolute atomic E-state index is 6.20. The fourth-order valence-corrected chi connectivity index (χ4v) is 4.94. The number of hydrogen-bond acceptors (Lipinski definition) is 2. The zero-order chi connectivity index (χ0) is 19.7. The summed E-state index contributed by atoms with van der Waals surface area (Å²) in [6.45, 7) is 6.55. The van der Waals surface area contributed by atoms with Crippen molar-refractivity contribution < 1.29 is 8.83 Å². The van der Waals surface area contributed by atoms with Gasteiger partial charge >= 0.3 is 0 Å². The molecule has 0 amide bonds. The number of aryl methyl sites for hydroxylation is 2. The Balaban J connectivity index is 1.51. The van der Waals surface area contributed by atoms with Crippen molar-refractivity contribution in [2.45, 2.75) is 32.6 Å². The van der Waals surface area contributed by atoms with Crippen LogP contribution in [-0.2, 0) is 0 Å². The largest absolute Gasteiger partial charge is 0.456 e. The van der Waals surface area contributed by atoms with E-state index in [2.05, 4.69) is 87.5 Å². The molecule has 2 nitrogen and oxygen atoms in total. The molecule has 2 aromatic heterocycles. The fourth-order valence-electron chi connectivity index (χ4n) is 4.94. The first-order chi connectivity index (χ1) is 14.1. The van der Waals surface area contributed by atoms with Crippen molar-refractivity contribution in [3.63, 3.8) is 0 Å². The smallest absolute Gasteiger partial charge is 0.137 e. The van der Waals surface area contributed by atoms with Crippen LogP contribution < -0.4 is 0 Å². The number of benzene rings is 3. The van der Waals surface area contributed by atoms with Crippen LogP contribution in [0.25, 0.3) is 39.0 Å². The highest BCUT2D eigenvalue weighted by Gasteiger charge is 2.29. The maximum Gasteiger partial charge on any atom is 0.137 e. The third-order valence-corrected chi connectivity index (χ3v) is 6.46. The minimum absolute atomic E-state index is 0.308. The third kappa shape index (κ3) is 2.35. The molecular formula is C27H22O2. The zero-order valence-electron chi connectivity index (χ0n) is 16.8. The van der Waals surface area contributed by atoms with E-state index in [1.165, 1.54) is 38.4 Å². The lowest BCUT2D eigenvalue weighted by molar-refractivity contribution is 0.572. The predicted octanol–water partition coefficient (Wildman–Crippen LogP) is 7.86. The number of fused-ring (bicyclic) bond motifs is 6. The van der Waals surface area contributed by atoms with Gasteiger partial charge in [0.15, 0.2) is 0 Å². The minimum atomic E-state index is 0.308. The van der Waals surface area contributed by atoms with E-state index in [0.717, 1.165) is 22.5 Å². The third-order valence-electron chi connectivity index (χ3n) is 6.46. The highest BCUT2D eigenvalue weighted by molar-refractivity contribution is 6.05. The molecular weight excluding hydrogens is 356 g/mol. The lowest BCUT2D eigenvalue weighted by Crippen LogP contribution is -2.10. The monoisotopic (exact) mass is 378 g/mol. The van der Waals surface area contributed by atoms with Crippen LogP contribution >= 0.6 is 0 Å². The summed E-state index contributed by atoms with van der Waals surface area (Å²) < 4.78 is 12.3. The Kier molecular flexibility index (Phi) is 3.37. The summed E-state index contributed by atoms with van der Waals surface area (Å²) in [5.41, 5.74) is 8.00. The highest BCUT2D eigenvalue weighted by atomic mass is 16.3. The Labute approximate surface area is 169 Å². The molecule has 6 rings (SSSR count). The van der Waals surface area contributed by atoms with Crippen molar-refractivity contribution in [2.75, 3.05) is 0 Å². The number of rotatable bonds is 1. The standard InChI is InChI=1S/C27H22O2/c1-15-7-10-23-21(13-15)22-14-18(8-11-24(22)28-23)19-9-12-25-26(17(19)3)20-6-4-5-16(2)27(20)29-25/h4-14,17,19H,1-3H3. The second-order valence-corrected chi connectivity index (χ2v) is 8.36. The normalized spacial score (nSPS) is 18.7. The topological polar surface area (TPSA) is 26.3 Å².